The highest BCUT2D eigenvalue weighted by molar-refractivity contribution is 7.89. The minimum absolute atomic E-state index is 0.0561. The molecule has 1 N–H and O–H groups in total. The molecule has 3 heterocycles. The monoisotopic (exact) mass is 402 g/mol. The van der Waals surface area contributed by atoms with Crippen LogP contribution in [0.5, 0.6) is 0 Å². The van der Waals surface area contributed by atoms with E-state index in [2.05, 4.69) is 15.5 Å². The lowest BCUT2D eigenvalue weighted by molar-refractivity contribution is -0.121. The number of amides is 1. The lowest BCUT2D eigenvalue weighted by atomic mass is 9.99. The Morgan fingerprint density at radius 2 is 1.96 bits per heavy atom. The summed E-state index contributed by atoms with van der Waals surface area (Å²) in [5.74, 6) is -0.322. The summed E-state index contributed by atoms with van der Waals surface area (Å²) in [5, 5.41) is 10.2. The van der Waals surface area contributed by atoms with Crippen LogP contribution in [-0.4, -0.2) is 41.9 Å². The van der Waals surface area contributed by atoms with E-state index in [-0.39, 0.29) is 29.3 Å². The van der Waals surface area contributed by atoms with Crippen LogP contribution in [0, 0.1) is 5.92 Å². The molecule has 3 aromatic rings. The lowest BCUT2D eigenvalue weighted by Crippen LogP contribution is -2.43. The minimum Gasteiger partial charge on any atom is -0.459 e. The molecule has 0 saturated carbocycles. The van der Waals surface area contributed by atoms with E-state index in [0.29, 0.717) is 25.1 Å². The van der Waals surface area contributed by atoms with Crippen LogP contribution in [0.4, 0.5) is 6.01 Å². The maximum absolute atomic E-state index is 12.8. The van der Waals surface area contributed by atoms with Gasteiger partial charge >= 0.3 is 6.01 Å². The number of nitrogens with zero attached hydrogens (tertiary/aromatic N) is 3. The van der Waals surface area contributed by atoms with Crippen molar-refractivity contribution in [2.24, 2.45) is 5.92 Å². The molecule has 1 aromatic carbocycles. The summed E-state index contributed by atoms with van der Waals surface area (Å²) < 4.78 is 37.5. The first-order chi connectivity index (χ1) is 13.5. The van der Waals surface area contributed by atoms with Crippen molar-refractivity contribution in [3.63, 3.8) is 0 Å². The molecule has 2 aromatic heterocycles. The Hall–Kier alpha value is -2.98. The maximum Gasteiger partial charge on any atom is 0.322 e. The minimum atomic E-state index is -3.64. The molecule has 0 bridgehead atoms. The number of sulfonamides is 1. The molecule has 146 valence electrons. The molecule has 1 aliphatic heterocycles. The first-order valence-electron chi connectivity index (χ1n) is 8.77. The number of hydrogen-bond acceptors (Lipinski definition) is 7. The molecule has 1 fully saturated rings. The Morgan fingerprint density at radius 3 is 2.71 bits per heavy atom. The largest absolute Gasteiger partial charge is 0.459 e. The number of aromatic nitrogens is 2. The summed E-state index contributed by atoms with van der Waals surface area (Å²) in [6.45, 7) is 0.479. The molecule has 1 saturated heterocycles. The maximum atomic E-state index is 12.8. The number of hydrogen-bond donors (Lipinski definition) is 1. The highest BCUT2D eigenvalue weighted by Crippen LogP contribution is 2.25. The standard InChI is InChI=1S/C18H18N4O5S/c23-16(19-18-21-20-17(27-18)15-9-5-11-26-15)13-6-4-10-22(12-13)28(24,25)14-7-2-1-3-8-14/h1-3,5,7-9,11,13H,4,6,10,12H2,(H,19,21,23). The first-order valence-corrected chi connectivity index (χ1v) is 10.2. The van der Waals surface area contributed by atoms with Gasteiger partial charge in [0.25, 0.3) is 5.89 Å². The molecule has 28 heavy (non-hydrogen) atoms. The molecule has 1 amide bonds. The fourth-order valence-corrected chi connectivity index (χ4v) is 4.64. The van der Waals surface area contributed by atoms with Gasteiger partial charge in [0.2, 0.25) is 15.9 Å². The molecule has 0 radical (unpaired) electrons. The van der Waals surface area contributed by atoms with Crippen molar-refractivity contribution in [1.29, 1.82) is 0 Å². The second-order valence-corrected chi connectivity index (χ2v) is 8.33. The fourth-order valence-electron chi connectivity index (χ4n) is 3.10. The van der Waals surface area contributed by atoms with Crippen LogP contribution in [-0.2, 0) is 14.8 Å². The van der Waals surface area contributed by atoms with Crippen molar-refractivity contribution in [3.8, 4) is 11.7 Å². The van der Waals surface area contributed by atoms with E-state index in [9.17, 15) is 13.2 Å². The Labute approximate surface area is 161 Å². The molecular weight excluding hydrogens is 384 g/mol. The van der Waals surface area contributed by atoms with E-state index < -0.39 is 15.9 Å². The predicted molar refractivity (Wildman–Crippen MR) is 98.6 cm³/mol. The number of carbonyl (C=O) groups excluding carboxylic acids is 1. The van der Waals surface area contributed by atoms with E-state index in [1.807, 2.05) is 0 Å². The van der Waals surface area contributed by atoms with Gasteiger partial charge in [-0.3, -0.25) is 10.1 Å². The predicted octanol–water partition coefficient (Wildman–Crippen LogP) is 2.37. The van der Waals surface area contributed by atoms with E-state index in [1.165, 1.54) is 10.6 Å². The summed E-state index contributed by atoms with van der Waals surface area (Å²) in [6, 6.07) is 11.5. The van der Waals surface area contributed by atoms with Gasteiger partial charge in [0, 0.05) is 13.1 Å². The van der Waals surface area contributed by atoms with Crippen molar-refractivity contribution in [2.75, 3.05) is 18.4 Å². The Bertz CT molecular complexity index is 1050. The molecule has 4 rings (SSSR count). The average molecular weight is 402 g/mol. The zero-order valence-corrected chi connectivity index (χ0v) is 15.6. The molecule has 0 aliphatic carbocycles. The van der Waals surface area contributed by atoms with Crippen LogP contribution >= 0.6 is 0 Å². The van der Waals surface area contributed by atoms with E-state index in [1.54, 1.807) is 42.5 Å². The van der Waals surface area contributed by atoms with Gasteiger partial charge in [-0.1, -0.05) is 23.3 Å². The Morgan fingerprint density at radius 1 is 1.14 bits per heavy atom. The third kappa shape index (κ3) is 3.69. The van der Waals surface area contributed by atoms with Crippen LogP contribution in [0.1, 0.15) is 12.8 Å². The number of anilines is 1. The fraction of sp³-hybridized carbons (Fsp3) is 0.278. The van der Waals surface area contributed by atoms with Crippen molar-refractivity contribution < 1.29 is 22.0 Å². The van der Waals surface area contributed by atoms with Gasteiger partial charge < -0.3 is 8.83 Å². The number of carbonyl (C=O) groups is 1. The second-order valence-electron chi connectivity index (χ2n) is 6.39. The molecule has 1 unspecified atom stereocenters. The van der Waals surface area contributed by atoms with Crippen molar-refractivity contribution in [3.05, 3.63) is 48.7 Å². The topological polar surface area (TPSA) is 119 Å². The molecule has 9 nitrogen and oxygen atoms in total. The highest BCUT2D eigenvalue weighted by Gasteiger charge is 2.33. The van der Waals surface area contributed by atoms with Gasteiger partial charge in [0.1, 0.15) is 0 Å². The summed E-state index contributed by atoms with van der Waals surface area (Å²) in [6.07, 6.45) is 2.64. The van der Waals surface area contributed by atoms with Crippen molar-refractivity contribution >= 4 is 21.9 Å². The van der Waals surface area contributed by atoms with Gasteiger partial charge in [-0.05, 0) is 37.1 Å². The van der Waals surface area contributed by atoms with E-state index in [4.69, 9.17) is 8.83 Å². The second kappa shape index (κ2) is 7.56. The Balaban J connectivity index is 1.44. The number of nitrogens with one attached hydrogen (secondary N) is 1. The number of piperidine rings is 1. The highest BCUT2D eigenvalue weighted by atomic mass is 32.2. The van der Waals surface area contributed by atoms with Crippen LogP contribution in [0.2, 0.25) is 0 Å². The third-order valence-corrected chi connectivity index (χ3v) is 6.40. The van der Waals surface area contributed by atoms with E-state index in [0.717, 1.165) is 0 Å². The van der Waals surface area contributed by atoms with Gasteiger partial charge in [-0.15, -0.1) is 5.10 Å². The molecular formula is C18H18N4O5S. The van der Waals surface area contributed by atoms with Crippen molar-refractivity contribution in [1.82, 2.24) is 14.5 Å². The van der Waals surface area contributed by atoms with Crippen LogP contribution in [0.3, 0.4) is 0 Å². The number of benzene rings is 1. The first kappa shape index (κ1) is 18.4. The summed E-state index contributed by atoms with van der Waals surface area (Å²) >= 11 is 0. The number of rotatable bonds is 5. The zero-order valence-electron chi connectivity index (χ0n) is 14.8. The molecule has 10 heteroatoms. The lowest BCUT2D eigenvalue weighted by Gasteiger charge is -2.30. The quantitative estimate of drug-likeness (QED) is 0.696. The molecule has 1 aliphatic rings. The van der Waals surface area contributed by atoms with Gasteiger partial charge in [0.15, 0.2) is 5.76 Å². The summed E-state index contributed by atoms with van der Waals surface area (Å²) in [7, 11) is -3.64. The third-order valence-electron chi connectivity index (χ3n) is 4.52. The van der Waals surface area contributed by atoms with Crippen LogP contribution < -0.4 is 5.32 Å². The van der Waals surface area contributed by atoms with Crippen LogP contribution in [0.25, 0.3) is 11.7 Å². The SMILES string of the molecule is O=C(Nc1nnc(-c2ccco2)o1)C1CCCN(S(=O)(=O)c2ccccc2)C1. The number of furan rings is 1. The zero-order chi connectivity index (χ0) is 19.6. The average Bonchev–Trinajstić information content (AvgIpc) is 3.40. The molecule has 0 spiro atoms. The Kier molecular flexibility index (Phi) is 4.97. The van der Waals surface area contributed by atoms with Crippen molar-refractivity contribution in [2.45, 2.75) is 17.7 Å². The van der Waals surface area contributed by atoms with E-state index >= 15 is 0 Å². The van der Waals surface area contributed by atoms with Crippen LogP contribution in [0.15, 0.2) is 62.5 Å². The molecule has 1 atom stereocenters. The van der Waals surface area contributed by atoms with Gasteiger partial charge in [-0.25, -0.2) is 8.42 Å². The smallest absolute Gasteiger partial charge is 0.322 e. The van der Waals surface area contributed by atoms with Gasteiger partial charge in [-0.2, -0.15) is 4.31 Å². The van der Waals surface area contributed by atoms with Gasteiger partial charge in [0.05, 0.1) is 17.1 Å². The summed E-state index contributed by atoms with van der Waals surface area (Å²) in [4.78, 5) is 12.8. The normalized spacial score (nSPS) is 18.1. The summed E-state index contributed by atoms with van der Waals surface area (Å²) in [5.41, 5.74) is 0.